The molecule has 0 aliphatic rings. The number of hydrogen-bond acceptors (Lipinski definition) is 2. The van der Waals surface area contributed by atoms with Crippen LogP contribution in [0.3, 0.4) is 0 Å². The van der Waals surface area contributed by atoms with Gasteiger partial charge in [0.25, 0.3) is 0 Å². The zero-order chi connectivity index (χ0) is 14.3. The van der Waals surface area contributed by atoms with Gasteiger partial charge in [-0.2, -0.15) is 0 Å². The maximum absolute atomic E-state index is 11.6. The van der Waals surface area contributed by atoms with Crippen molar-refractivity contribution >= 4 is 17.6 Å². The lowest BCUT2D eigenvalue weighted by atomic mass is 10.0. The van der Waals surface area contributed by atoms with Crippen molar-refractivity contribution in [3.05, 3.63) is 29.8 Å². The van der Waals surface area contributed by atoms with E-state index in [0.717, 1.165) is 24.8 Å². The van der Waals surface area contributed by atoms with Crippen LogP contribution in [0, 0.1) is 0 Å². The fourth-order valence-corrected chi connectivity index (χ4v) is 1.76. The average Bonchev–Trinajstić information content (AvgIpc) is 2.39. The molecule has 1 aromatic carbocycles. The third-order valence-corrected chi connectivity index (χ3v) is 3.07. The summed E-state index contributed by atoms with van der Waals surface area (Å²) in [6.45, 7) is 3.74. The summed E-state index contributed by atoms with van der Waals surface area (Å²) in [6, 6.07) is 6.96. The van der Waals surface area contributed by atoms with Crippen molar-refractivity contribution in [2.24, 2.45) is 0 Å². The Morgan fingerprint density at radius 3 is 2.37 bits per heavy atom. The van der Waals surface area contributed by atoms with Gasteiger partial charge < -0.3 is 10.4 Å². The van der Waals surface area contributed by atoms with E-state index in [-0.39, 0.29) is 5.91 Å². The van der Waals surface area contributed by atoms with E-state index in [1.165, 1.54) is 0 Å². The van der Waals surface area contributed by atoms with Gasteiger partial charge in [-0.25, -0.2) is 0 Å². The van der Waals surface area contributed by atoms with Crippen LogP contribution in [0.15, 0.2) is 24.3 Å². The van der Waals surface area contributed by atoms with E-state index in [0.29, 0.717) is 12.1 Å². The fraction of sp³-hybridized carbons (Fsp3) is 0.467. The molecule has 0 fully saturated rings. The second kappa shape index (κ2) is 7.56. The summed E-state index contributed by atoms with van der Waals surface area (Å²) >= 11 is 0. The van der Waals surface area contributed by atoms with Gasteiger partial charge in [-0.05, 0) is 31.0 Å². The summed E-state index contributed by atoms with van der Waals surface area (Å²) in [5, 5.41) is 11.7. The number of anilines is 1. The minimum atomic E-state index is -0.851. The molecule has 1 atom stereocenters. The monoisotopic (exact) mass is 263 g/mol. The number of benzene rings is 1. The number of carbonyl (C=O) groups is 2. The molecular weight excluding hydrogens is 242 g/mol. The minimum absolute atomic E-state index is 0.00693. The van der Waals surface area contributed by atoms with Crippen molar-refractivity contribution in [3.8, 4) is 0 Å². The average molecular weight is 263 g/mol. The summed E-state index contributed by atoms with van der Waals surface area (Å²) in [6.07, 6.45) is 3.58. The highest BCUT2D eigenvalue weighted by Crippen LogP contribution is 2.18. The molecule has 2 N–H and O–H groups in total. The zero-order valence-electron chi connectivity index (χ0n) is 11.5. The van der Waals surface area contributed by atoms with E-state index >= 15 is 0 Å². The van der Waals surface area contributed by atoms with E-state index in [1.54, 1.807) is 31.2 Å². The van der Waals surface area contributed by atoms with Crippen molar-refractivity contribution in [2.75, 3.05) is 5.32 Å². The normalized spacial score (nSPS) is 11.9. The van der Waals surface area contributed by atoms with E-state index in [1.807, 2.05) is 0 Å². The summed E-state index contributed by atoms with van der Waals surface area (Å²) in [7, 11) is 0. The number of carbonyl (C=O) groups excluding carboxylic acids is 1. The second-order valence-corrected chi connectivity index (χ2v) is 4.69. The summed E-state index contributed by atoms with van der Waals surface area (Å²) in [5.74, 6) is -1.38. The Kier molecular flexibility index (Phi) is 6.06. The standard InChI is InChI=1S/C15H21NO3/c1-3-4-5-6-14(17)16-13-9-7-12(8-10-13)11(2)15(18)19/h7-11H,3-6H2,1-2H3,(H,16,17)(H,18,19). The lowest BCUT2D eigenvalue weighted by molar-refractivity contribution is -0.138. The quantitative estimate of drug-likeness (QED) is 0.741. The Bertz CT molecular complexity index is 426. The van der Waals surface area contributed by atoms with E-state index in [2.05, 4.69) is 12.2 Å². The Balaban J connectivity index is 2.52. The summed E-state index contributed by atoms with van der Waals surface area (Å²) in [4.78, 5) is 22.4. The topological polar surface area (TPSA) is 66.4 Å². The number of rotatable bonds is 7. The lowest BCUT2D eigenvalue weighted by Crippen LogP contribution is -2.11. The van der Waals surface area contributed by atoms with Gasteiger partial charge in [0.15, 0.2) is 0 Å². The SMILES string of the molecule is CCCCCC(=O)Nc1ccc(C(C)C(=O)O)cc1. The Morgan fingerprint density at radius 2 is 1.84 bits per heavy atom. The van der Waals surface area contributed by atoms with E-state index < -0.39 is 11.9 Å². The molecule has 4 heteroatoms. The zero-order valence-corrected chi connectivity index (χ0v) is 11.5. The fourth-order valence-electron chi connectivity index (χ4n) is 1.76. The molecule has 0 aromatic heterocycles. The van der Waals surface area contributed by atoms with Crippen LogP contribution in [0.25, 0.3) is 0 Å². The molecule has 19 heavy (non-hydrogen) atoms. The first-order valence-electron chi connectivity index (χ1n) is 6.67. The van der Waals surface area contributed by atoms with Gasteiger partial charge in [0.1, 0.15) is 0 Å². The van der Waals surface area contributed by atoms with Gasteiger partial charge in [0.2, 0.25) is 5.91 Å². The van der Waals surface area contributed by atoms with Crippen molar-refractivity contribution in [3.63, 3.8) is 0 Å². The van der Waals surface area contributed by atoms with Crippen LogP contribution >= 0.6 is 0 Å². The van der Waals surface area contributed by atoms with Gasteiger partial charge in [-0.1, -0.05) is 31.9 Å². The van der Waals surface area contributed by atoms with Gasteiger partial charge in [-0.3, -0.25) is 9.59 Å². The molecule has 0 bridgehead atoms. The maximum Gasteiger partial charge on any atom is 0.310 e. The number of hydrogen-bond donors (Lipinski definition) is 2. The minimum Gasteiger partial charge on any atom is -0.481 e. The third kappa shape index (κ3) is 5.12. The maximum atomic E-state index is 11.6. The smallest absolute Gasteiger partial charge is 0.310 e. The molecule has 1 amide bonds. The molecular formula is C15H21NO3. The molecule has 1 aromatic rings. The molecule has 0 radical (unpaired) electrons. The summed E-state index contributed by atoms with van der Waals surface area (Å²) < 4.78 is 0. The Labute approximate surface area is 113 Å². The van der Waals surface area contributed by atoms with Gasteiger partial charge in [-0.15, -0.1) is 0 Å². The van der Waals surface area contributed by atoms with Gasteiger partial charge >= 0.3 is 5.97 Å². The highest BCUT2D eigenvalue weighted by atomic mass is 16.4. The summed E-state index contributed by atoms with van der Waals surface area (Å²) in [5.41, 5.74) is 1.44. The highest BCUT2D eigenvalue weighted by molar-refractivity contribution is 5.90. The number of aliphatic carboxylic acids is 1. The number of nitrogens with one attached hydrogen (secondary N) is 1. The van der Waals surface area contributed by atoms with Crippen LogP contribution in [0.1, 0.15) is 51.0 Å². The molecule has 1 unspecified atom stereocenters. The van der Waals surface area contributed by atoms with Crippen molar-refractivity contribution < 1.29 is 14.7 Å². The van der Waals surface area contributed by atoms with Gasteiger partial charge in [0.05, 0.1) is 5.92 Å². The molecule has 0 heterocycles. The molecule has 0 aliphatic heterocycles. The molecule has 0 saturated heterocycles. The van der Waals surface area contributed by atoms with Crippen LogP contribution in [0.2, 0.25) is 0 Å². The molecule has 1 rings (SSSR count). The first-order chi connectivity index (χ1) is 9.04. The van der Waals surface area contributed by atoms with Crippen molar-refractivity contribution in [1.82, 2.24) is 0 Å². The van der Waals surface area contributed by atoms with Crippen molar-refractivity contribution in [2.45, 2.75) is 45.4 Å². The third-order valence-electron chi connectivity index (χ3n) is 3.07. The predicted octanol–water partition coefficient (Wildman–Crippen LogP) is 3.39. The Morgan fingerprint density at radius 1 is 1.21 bits per heavy atom. The van der Waals surface area contributed by atoms with Crippen LogP contribution in [0.5, 0.6) is 0 Å². The number of unbranched alkanes of at least 4 members (excludes halogenated alkanes) is 2. The predicted molar refractivity (Wildman–Crippen MR) is 75.3 cm³/mol. The van der Waals surface area contributed by atoms with E-state index in [9.17, 15) is 9.59 Å². The first kappa shape index (κ1) is 15.2. The number of amides is 1. The largest absolute Gasteiger partial charge is 0.481 e. The number of carboxylic acids is 1. The lowest BCUT2D eigenvalue weighted by Gasteiger charge is -2.09. The molecule has 0 spiro atoms. The molecule has 0 saturated carbocycles. The van der Waals surface area contributed by atoms with Gasteiger partial charge in [0, 0.05) is 12.1 Å². The van der Waals surface area contributed by atoms with E-state index in [4.69, 9.17) is 5.11 Å². The van der Waals surface area contributed by atoms with Crippen LogP contribution in [0.4, 0.5) is 5.69 Å². The van der Waals surface area contributed by atoms with Crippen LogP contribution < -0.4 is 5.32 Å². The number of carboxylic acid groups (broad SMARTS) is 1. The second-order valence-electron chi connectivity index (χ2n) is 4.69. The Hall–Kier alpha value is -1.84. The van der Waals surface area contributed by atoms with Crippen LogP contribution in [-0.2, 0) is 9.59 Å². The molecule has 0 aliphatic carbocycles. The van der Waals surface area contributed by atoms with Crippen LogP contribution in [-0.4, -0.2) is 17.0 Å². The van der Waals surface area contributed by atoms with Crippen molar-refractivity contribution in [1.29, 1.82) is 0 Å². The highest BCUT2D eigenvalue weighted by Gasteiger charge is 2.13. The first-order valence-corrected chi connectivity index (χ1v) is 6.67. The molecule has 104 valence electrons. The molecule has 4 nitrogen and oxygen atoms in total.